The molecular weight excluding hydrogens is 434 g/mol. The van der Waals surface area contributed by atoms with Crippen LogP contribution in [0.3, 0.4) is 0 Å². The Kier molecular flexibility index (Phi) is 5.95. The topological polar surface area (TPSA) is 73.2 Å². The summed E-state index contributed by atoms with van der Waals surface area (Å²) >= 11 is 1.75. The summed E-state index contributed by atoms with van der Waals surface area (Å²) in [6.07, 6.45) is 2.05. The van der Waals surface area contributed by atoms with Crippen LogP contribution in [-0.4, -0.2) is 33.6 Å². The maximum absolute atomic E-state index is 12.5. The Morgan fingerprint density at radius 3 is 2.55 bits per heavy atom. The third-order valence-corrected chi connectivity index (χ3v) is 6.24. The van der Waals surface area contributed by atoms with Crippen LogP contribution in [0.5, 0.6) is 5.75 Å². The van der Waals surface area contributed by atoms with Gasteiger partial charge in [-0.05, 0) is 36.4 Å². The van der Waals surface area contributed by atoms with Crippen molar-refractivity contribution in [3.8, 4) is 17.0 Å². The number of nitrogens with one attached hydrogen (secondary N) is 1. The van der Waals surface area contributed by atoms with Gasteiger partial charge in [0.2, 0.25) is 0 Å². The predicted octanol–water partition coefficient (Wildman–Crippen LogP) is 4.90. The molecule has 0 atom stereocenters. The van der Waals surface area contributed by atoms with Crippen LogP contribution in [-0.2, 0) is 11.3 Å². The number of ether oxygens (including phenoxy) is 1. The number of benzene rings is 3. The molecular formula is C26H21N3O3S. The number of rotatable bonds is 7. The number of carbonyl (C=O) groups excluding carboxylic acids is 2. The zero-order valence-corrected chi connectivity index (χ0v) is 18.5. The van der Waals surface area contributed by atoms with E-state index in [1.54, 1.807) is 48.2 Å². The van der Waals surface area contributed by atoms with E-state index >= 15 is 0 Å². The number of fused-ring (bicyclic) bond motifs is 1. The monoisotopic (exact) mass is 455 g/mol. The van der Waals surface area contributed by atoms with Crippen molar-refractivity contribution in [3.63, 3.8) is 0 Å². The number of nitrogens with zero attached hydrogens (tertiary/aromatic N) is 2. The fourth-order valence-corrected chi connectivity index (χ4v) is 4.55. The zero-order chi connectivity index (χ0) is 22.6. The molecule has 1 aromatic heterocycles. The molecule has 0 unspecified atom stereocenters. The number of aromatic nitrogens is 2. The first kappa shape index (κ1) is 21.0. The number of aryl methyl sites for hydroxylation is 1. The SMILES string of the molecule is O=C(COc1ccc(C(=O)c2ccccc2)cc1)Nc1cccc(-c2cn3c(n2)SCC3)c1. The van der Waals surface area contributed by atoms with E-state index < -0.39 is 0 Å². The molecule has 7 heteroatoms. The maximum atomic E-state index is 12.5. The molecule has 0 radical (unpaired) electrons. The van der Waals surface area contributed by atoms with E-state index in [2.05, 4.69) is 14.9 Å². The number of hydrogen-bond donors (Lipinski definition) is 1. The van der Waals surface area contributed by atoms with E-state index in [0.717, 1.165) is 28.7 Å². The highest BCUT2D eigenvalue weighted by Crippen LogP contribution is 2.29. The molecule has 1 N–H and O–H groups in total. The second-order valence-electron chi connectivity index (χ2n) is 7.59. The molecule has 0 saturated heterocycles. The van der Waals surface area contributed by atoms with Crippen LogP contribution in [0.2, 0.25) is 0 Å². The number of carbonyl (C=O) groups is 2. The van der Waals surface area contributed by atoms with E-state index in [1.807, 2.05) is 48.7 Å². The molecule has 1 aliphatic heterocycles. The lowest BCUT2D eigenvalue weighted by Crippen LogP contribution is -2.20. The quantitative estimate of drug-likeness (QED) is 0.401. The molecule has 164 valence electrons. The van der Waals surface area contributed by atoms with Crippen molar-refractivity contribution >= 4 is 29.1 Å². The van der Waals surface area contributed by atoms with Gasteiger partial charge in [0.1, 0.15) is 5.75 Å². The van der Waals surface area contributed by atoms with E-state index in [0.29, 0.717) is 22.6 Å². The minimum atomic E-state index is -0.264. The maximum Gasteiger partial charge on any atom is 0.262 e. The lowest BCUT2D eigenvalue weighted by molar-refractivity contribution is -0.118. The molecule has 0 bridgehead atoms. The summed E-state index contributed by atoms with van der Waals surface area (Å²) in [6, 6.07) is 23.5. The van der Waals surface area contributed by atoms with Gasteiger partial charge in [-0.2, -0.15) is 0 Å². The molecule has 0 spiro atoms. The third kappa shape index (κ3) is 4.83. The lowest BCUT2D eigenvalue weighted by Gasteiger charge is -2.09. The number of thioether (sulfide) groups is 1. The van der Waals surface area contributed by atoms with Gasteiger partial charge in [-0.15, -0.1) is 0 Å². The van der Waals surface area contributed by atoms with E-state index in [9.17, 15) is 9.59 Å². The second kappa shape index (κ2) is 9.34. The van der Waals surface area contributed by atoms with Crippen LogP contribution >= 0.6 is 11.8 Å². The van der Waals surface area contributed by atoms with Gasteiger partial charge in [0.05, 0.1) is 5.69 Å². The van der Waals surface area contributed by atoms with Crippen molar-refractivity contribution in [1.82, 2.24) is 9.55 Å². The van der Waals surface area contributed by atoms with Crippen LogP contribution in [0.15, 0.2) is 90.2 Å². The van der Waals surface area contributed by atoms with Crippen molar-refractivity contribution in [3.05, 3.63) is 96.2 Å². The van der Waals surface area contributed by atoms with Gasteiger partial charge < -0.3 is 14.6 Å². The normalized spacial score (nSPS) is 12.2. The standard InChI is InChI=1S/C26H21N3O3S/c30-24(17-32-22-11-9-19(10-12-22)25(31)18-5-2-1-3-6-18)27-21-8-4-7-20(15-21)23-16-29-13-14-33-26(29)28-23/h1-12,15-16H,13-14,17H2,(H,27,30). The first-order chi connectivity index (χ1) is 16.2. The summed E-state index contributed by atoms with van der Waals surface area (Å²) in [7, 11) is 0. The number of ketones is 1. The van der Waals surface area contributed by atoms with Gasteiger partial charge in [-0.3, -0.25) is 9.59 Å². The fourth-order valence-electron chi connectivity index (χ4n) is 3.61. The van der Waals surface area contributed by atoms with Crippen LogP contribution in [0, 0.1) is 0 Å². The van der Waals surface area contributed by atoms with Crippen LogP contribution in [0.1, 0.15) is 15.9 Å². The Labute approximate surface area is 195 Å². The number of imidazole rings is 1. The number of amides is 1. The summed E-state index contributed by atoms with van der Waals surface area (Å²) in [5.74, 6) is 1.26. The molecule has 2 heterocycles. The Morgan fingerprint density at radius 2 is 1.76 bits per heavy atom. The molecule has 3 aromatic carbocycles. The average molecular weight is 456 g/mol. The Hall–Kier alpha value is -3.84. The highest BCUT2D eigenvalue weighted by molar-refractivity contribution is 7.99. The second-order valence-corrected chi connectivity index (χ2v) is 8.65. The number of anilines is 1. The molecule has 33 heavy (non-hydrogen) atoms. The van der Waals surface area contributed by atoms with Gasteiger partial charge in [0, 0.05) is 40.9 Å². The predicted molar refractivity (Wildman–Crippen MR) is 129 cm³/mol. The van der Waals surface area contributed by atoms with E-state index in [4.69, 9.17) is 4.74 Å². The number of hydrogen-bond acceptors (Lipinski definition) is 5. The van der Waals surface area contributed by atoms with Crippen LogP contribution < -0.4 is 10.1 Å². The van der Waals surface area contributed by atoms with Crippen molar-refractivity contribution in [2.75, 3.05) is 17.7 Å². The Balaban J connectivity index is 1.17. The molecule has 5 rings (SSSR count). The largest absolute Gasteiger partial charge is 0.484 e. The minimum absolute atomic E-state index is 0.0543. The zero-order valence-electron chi connectivity index (χ0n) is 17.7. The summed E-state index contributed by atoms with van der Waals surface area (Å²) in [4.78, 5) is 29.5. The fraction of sp³-hybridized carbons (Fsp3) is 0.115. The van der Waals surface area contributed by atoms with Crippen molar-refractivity contribution in [1.29, 1.82) is 0 Å². The van der Waals surface area contributed by atoms with Gasteiger partial charge in [0.15, 0.2) is 17.5 Å². The molecule has 0 aliphatic carbocycles. The van der Waals surface area contributed by atoms with E-state index in [-0.39, 0.29) is 18.3 Å². The van der Waals surface area contributed by atoms with E-state index in [1.165, 1.54) is 0 Å². The van der Waals surface area contributed by atoms with Crippen molar-refractivity contribution in [2.45, 2.75) is 11.7 Å². The minimum Gasteiger partial charge on any atom is -0.484 e. The van der Waals surface area contributed by atoms with Gasteiger partial charge in [-0.1, -0.05) is 54.2 Å². The highest BCUT2D eigenvalue weighted by atomic mass is 32.2. The molecule has 0 fully saturated rings. The Morgan fingerprint density at radius 1 is 0.970 bits per heavy atom. The molecule has 1 amide bonds. The van der Waals surface area contributed by atoms with Gasteiger partial charge in [0.25, 0.3) is 5.91 Å². The first-order valence-electron chi connectivity index (χ1n) is 10.6. The molecule has 1 aliphatic rings. The lowest BCUT2D eigenvalue weighted by atomic mass is 10.0. The third-order valence-electron chi connectivity index (χ3n) is 5.27. The summed E-state index contributed by atoms with van der Waals surface area (Å²) < 4.78 is 7.75. The summed E-state index contributed by atoms with van der Waals surface area (Å²) in [5.41, 5.74) is 3.74. The van der Waals surface area contributed by atoms with Crippen LogP contribution in [0.4, 0.5) is 5.69 Å². The van der Waals surface area contributed by atoms with Crippen LogP contribution in [0.25, 0.3) is 11.3 Å². The summed E-state index contributed by atoms with van der Waals surface area (Å²) in [6.45, 7) is 0.841. The molecule has 0 saturated carbocycles. The van der Waals surface area contributed by atoms with Gasteiger partial charge in [-0.25, -0.2) is 4.98 Å². The summed E-state index contributed by atoms with van der Waals surface area (Å²) in [5, 5.41) is 3.90. The van der Waals surface area contributed by atoms with Crippen molar-refractivity contribution in [2.24, 2.45) is 0 Å². The Bertz CT molecular complexity index is 1280. The van der Waals surface area contributed by atoms with Crippen molar-refractivity contribution < 1.29 is 14.3 Å². The smallest absolute Gasteiger partial charge is 0.262 e. The highest BCUT2D eigenvalue weighted by Gasteiger charge is 2.15. The first-order valence-corrected chi connectivity index (χ1v) is 11.6. The van der Waals surface area contributed by atoms with Gasteiger partial charge >= 0.3 is 0 Å². The molecule has 6 nitrogen and oxygen atoms in total. The average Bonchev–Trinajstić information content (AvgIpc) is 3.46. The molecule has 4 aromatic rings.